The lowest BCUT2D eigenvalue weighted by molar-refractivity contribution is -0.146. The van der Waals surface area contributed by atoms with E-state index in [0.29, 0.717) is 22.9 Å². The molecule has 26 heavy (non-hydrogen) atoms. The topological polar surface area (TPSA) is 83.1 Å². The average Bonchev–Trinajstić information content (AvgIpc) is 2.67. The third kappa shape index (κ3) is 5.41. The van der Waals surface area contributed by atoms with Crippen LogP contribution in [0.25, 0.3) is 0 Å². The van der Waals surface area contributed by atoms with Crippen LogP contribution < -0.4 is 19.5 Å². The molecule has 2 aromatic carbocycles. The van der Waals surface area contributed by atoms with E-state index < -0.39 is 11.9 Å². The van der Waals surface area contributed by atoms with Crippen LogP contribution in [0.4, 0.5) is 5.69 Å². The first kappa shape index (κ1) is 19.1. The minimum atomic E-state index is -0.494. The fourth-order valence-corrected chi connectivity index (χ4v) is 2.20. The van der Waals surface area contributed by atoms with E-state index in [0.717, 1.165) is 5.56 Å². The fraction of sp³-hybridized carbons (Fsp3) is 0.263. The van der Waals surface area contributed by atoms with Crippen LogP contribution in [0.15, 0.2) is 42.5 Å². The van der Waals surface area contributed by atoms with Crippen LogP contribution in [-0.4, -0.2) is 39.8 Å². The predicted molar refractivity (Wildman–Crippen MR) is 95.8 cm³/mol. The van der Waals surface area contributed by atoms with Crippen LogP contribution in [-0.2, 0) is 20.7 Å². The maximum absolute atomic E-state index is 12.0. The molecule has 0 fully saturated rings. The minimum absolute atomic E-state index is 0.0726. The monoisotopic (exact) mass is 359 g/mol. The first-order valence-electron chi connectivity index (χ1n) is 7.86. The Morgan fingerprint density at radius 3 is 2.15 bits per heavy atom. The summed E-state index contributed by atoms with van der Waals surface area (Å²) in [6, 6.07) is 12.0. The Hall–Kier alpha value is -3.22. The molecule has 0 saturated heterocycles. The van der Waals surface area contributed by atoms with Gasteiger partial charge in [-0.1, -0.05) is 12.1 Å². The van der Waals surface area contributed by atoms with Crippen molar-refractivity contribution in [3.63, 3.8) is 0 Å². The van der Waals surface area contributed by atoms with Crippen LogP contribution >= 0.6 is 0 Å². The van der Waals surface area contributed by atoms with E-state index in [1.165, 1.54) is 14.2 Å². The first-order valence-corrected chi connectivity index (χ1v) is 7.86. The van der Waals surface area contributed by atoms with Gasteiger partial charge in [-0.3, -0.25) is 9.59 Å². The van der Waals surface area contributed by atoms with Crippen molar-refractivity contribution in [2.75, 3.05) is 33.3 Å². The lowest BCUT2D eigenvalue weighted by Crippen LogP contribution is -2.22. The van der Waals surface area contributed by atoms with Crippen molar-refractivity contribution >= 4 is 17.6 Å². The molecule has 0 aromatic heterocycles. The zero-order valence-corrected chi connectivity index (χ0v) is 14.9. The Kier molecular flexibility index (Phi) is 6.84. The highest BCUT2D eigenvalue weighted by molar-refractivity contribution is 5.94. The Morgan fingerprint density at radius 2 is 1.54 bits per heavy atom. The van der Waals surface area contributed by atoms with E-state index in [1.807, 2.05) is 0 Å². The first-order chi connectivity index (χ1) is 12.5. The number of methoxy groups -OCH3 is 3. The fourth-order valence-electron chi connectivity index (χ4n) is 2.20. The molecule has 7 nitrogen and oxygen atoms in total. The molecule has 0 aliphatic carbocycles. The summed E-state index contributed by atoms with van der Waals surface area (Å²) in [5, 5.41) is 2.63. The molecule has 0 unspecified atom stereocenters. The molecule has 0 heterocycles. The molecule has 1 N–H and O–H groups in total. The van der Waals surface area contributed by atoms with Gasteiger partial charge in [0.2, 0.25) is 0 Å². The molecule has 2 aromatic rings. The number of rotatable bonds is 8. The highest BCUT2D eigenvalue weighted by atomic mass is 16.5. The molecule has 138 valence electrons. The molecule has 0 atom stereocenters. The lowest BCUT2D eigenvalue weighted by atomic mass is 10.1. The van der Waals surface area contributed by atoms with Gasteiger partial charge in [0, 0.05) is 6.07 Å². The zero-order chi connectivity index (χ0) is 18.9. The number of hydrogen-bond donors (Lipinski definition) is 1. The second-order valence-electron chi connectivity index (χ2n) is 5.30. The second kappa shape index (κ2) is 9.31. The summed E-state index contributed by atoms with van der Waals surface area (Å²) in [7, 11) is 4.59. The number of carbonyl (C=O) groups is 2. The number of benzene rings is 2. The number of nitrogens with one attached hydrogen (secondary N) is 1. The normalized spacial score (nSPS) is 9.96. The van der Waals surface area contributed by atoms with Crippen molar-refractivity contribution in [3.8, 4) is 17.2 Å². The van der Waals surface area contributed by atoms with Crippen LogP contribution in [0.3, 0.4) is 0 Å². The van der Waals surface area contributed by atoms with E-state index in [9.17, 15) is 9.59 Å². The maximum atomic E-state index is 12.0. The number of hydrogen-bond acceptors (Lipinski definition) is 6. The molecule has 0 aliphatic rings. The molecule has 1 amide bonds. The van der Waals surface area contributed by atoms with Crippen LogP contribution in [0, 0.1) is 0 Å². The third-order valence-electron chi connectivity index (χ3n) is 3.55. The van der Waals surface area contributed by atoms with E-state index in [1.54, 1.807) is 49.6 Å². The van der Waals surface area contributed by atoms with Crippen molar-refractivity contribution in [2.45, 2.75) is 6.42 Å². The Bertz CT molecular complexity index is 757. The lowest BCUT2D eigenvalue weighted by Gasteiger charge is -2.12. The molecular weight excluding hydrogens is 338 g/mol. The van der Waals surface area contributed by atoms with Crippen molar-refractivity contribution in [2.24, 2.45) is 0 Å². The summed E-state index contributed by atoms with van der Waals surface area (Å²) in [4.78, 5) is 23.8. The highest BCUT2D eigenvalue weighted by Crippen LogP contribution is 2.28. The molecule has 0 bridgehead atoms. The predicted octanol–water partition coefficient (Wildman–Crippen LogP) is 2.44. The largest absolute Gasteiger partial charge is 0.497 e. The number of anilines is 1. The maximum Gasteiger partial charge on any atom is 0.310 e. The SMILES string of the molecule is COc1ccc(CC(=O)OCC(=O)Nc2ccc(OC)cc2OC)cc1. The Morgan fingerprint density at radius 1 is 0.885 bits per heavy atom. The van der Waals surface area contributed by atoms with Gasteiger partial charge in [-0.2, -0.15) is 0 Å². The highest BCUT2D eigenvalue weighted by Gasteiger charge is 2.12. The standard InChI is InChI=1S/C19H21NO6/c1-23-14-6-4-13(5-7-14)10-19(22)26-12-18(21)20-16-9-8-15(24-2)11-17(16)25-3/h4-9,11H,10,12H2,1-3H3,(H,20,21). The quantitative estimate of drug-likeness (QED) is 0.729. The van der Waals surface area contributed by atoms with Gasteiger partial charge in [0.15, 0.2) is 6.61 Å². The van der Waals surface area contributed by atoms with Crippen LogP contribution in [0.1, 0.15) is 5.56 Å². The molecule has 0 aliphatic heterocycles. The van der Waals surface area contributed by atoms with Gasteiger partial charge < -0.3 is 24.3 Å². The summed E-state index contributed by atoms with van der Waals surface area (Å²) >= 11 is 0. The second-order valence-corrected chi connectivity index (χ2v) is 5.30. The van der Waals surface area contributed by atoms with E-state index in [2.05, 4.69) is 5.32 Å². The van der Waals surface area contributed by atoms with Gasteiger partial charge in [-0.25, -0.2) is 0 Å². The van der Waals surface area contributed by atoms with E-state index >= 15 is 0 Å². The smallest absolute Gasteiger partial charge is 0.310 e. The number of carbonyl (C=O) groups excluding carboxylic acids is 2. The Balaban J connectivity index is 1.85. The zero-order valence-electron chi connectivity index (χ0n) is 14.9. The minimum Gasteiger partial charge on any atom is -0.497 e. The summed E-state index contributed by atoms with van der Waals surface area (Å²) in [6.45, 7) is -0.385. The van der Waals surface area contributed by atoms with Crippen LogP contribution in [0.5, 0.6) is 17.2 Å². The summed E-state index contributed by atoms with van der Waals surface area (Å²) < 4.78 is 20.4. The summed E-state index contributed by atoms with van der Waals surface area (Å²) in [5.41, 5.74) is 1.23. The van der Waals surface area contributed by atoms with Gasteiger partial charge in [0.1, 0.15) is 17.2 Å². The number of esters is 1. The van der Waals surface area contributed by atoms with Gasteiger partial charge in [-0.05, 0) is 29.8 Å². The van der Waals surface area contributed by atoms with Crippen molar-refractivity contribution in [1.82, 2.24) is 0 Å². The molecule has 7 heteroatoms. The number of ether oxygens (including phenoxy) is 4. The molecule has 0 spiro atoms. The third-order valence-corrected chi connectivity index (χ3v) is 3.55. The molecule has 0 saturated carbocycles. The van der Waals surface area contributed by atoms with Crippen molar-refractivity contribution < 1.29 is 28.5 Å². The molecular formula is C19H21NO6. The molecule has 2 rings (SSSR count). The van der Waals surface area contributed by atoms with Crippen molar-refractivity contribution in [3.05, 3.63) is 48.0 Å². The van der Waals surface area contributed by atoms with Gasteiger partial charge in [0.05, 0.1) is 33.4 Å². The Labute approximate surface area is 151 Å². The van der Waals surface area contributed by atoms with E-state index in [-0.39, 0.29) is 13.0 Å². The summed E-state index contributed by atoms with van der Waals surface area (Å²) in [6.07, 6.45) is 0.0726. The van der Waals surface area contributed by atoms with Gasteiger partial charge in [-0.15, -0.1) is 0 Å². The number of amides is 1. The van der Waals surface area contributed by atoms with Gasteiger partial charge >= 0.3 is 5.97 Å². The van der Waals surface area contributed by atoms with Crippen LogP contribution in [0.2, 0.25) is 0 Å². The molecule has 0 radical (unpaired) electrons. The summed E-state index contributed by atoms with van der Waals surface area (Å²) in [5.74, 6) is 0.798. The van der Waals surface area contributed by atoms with E-state index in [4.69, 9.17) is 18.9 Å². The average molecular weight is 359 g/mol. The van der Waals surface area contributed by atoms with Crippen molar-refractivity contribution in [1.29, 1.82) is 0 Å². The van der Waals surface area contributed by atoms with Gasteiger partial charge in [0.25, 0.3) is 5.91 Å².